The van der Waals surface area contributed by atoms with Gasteiger partial charge >= 0.3 is 0 Å². The molecule has 9 nitrogen and oxygen atoms in total. The lowest BCUT2D eigenvalue weighted by molar-refractivity contribution is -0.384. The third-order valence-electron chi connectivity index (χ3n) is 2.83. The van der Waals surface area contributed by atoms with Crippen molar-refractivity contribution in [3.63, 3.8) is 0 Å². The normalized spacial score (nSPS) is 10.3. The molecule has 1 amide bonds. The molecule has 3 N–H and O–H groups in total. The topological polar surface area (TPSA) is 129 Å². The average Bonchev–Trinajstić information content (AvgIpc) is 2.96. The van der Waals surface area contributed by atoms with Crippen LogP contribution in [0.25, 0.3) is 0 Å². The number of amides is 1. The third-order valence-corrected chi connectivity index (χ3v) is 2.83. The minimum atomic E-state index is -0.629. The van der Waals surface area contributed by atoms with E-state index in [0.717, 1.165) is 0 Å². The van der Waals surface area contributed by atoms with E-state index in [0.29, 0.717) is 19.5 Å². The Morgan fingerprint density at radius 3 is 2.90 bits per heavy atom. The summed E-state index contributed by atoms with van der Waals surface area (Å²) < 4.78 is 1.66. The number of nitrogens with one attached hydrogen (secondary N) is 1. The molecule has 0 saturated heterocycles. The van der Waals surface area contributed by atoms with E-state index in [-0.39, 0.29) is 16.9 Å². The highest BCUT2D eigenvalue weighted by Crippen LogP contribution is 2.25. The number of aryl methyl sites for hydroxylation is 1. The molecule has 21 heavy (non-hydrogen) atoms. The fourth-order valence-corrected chi connectivity index (χ4v) is 1.81. The van der Waals surface area contributed by atoms with E-state index in [2.05, 4.69) is 15.6 Å². The Labute approximate surface area is 119 Å². The summed E-state index contributed by atoms with van der Waals surface area (Å²) in [6, 6.07) is 3.98. The molecule has 0 unspecified atom stereocenters. The largest absolute Gasteiger partial charge is 0.379 e. The Morgan fingerprint density at radius 1 is 1.48 bits per heavy atom. The van der Waals surface area contributed by atoms with Crippen molar-refractivity contribution in [3.05, 3.63) is 46.3 Å². The Morgan fingerprint density at radius 2 is 2.29 bits per heavy atom. The second-order valence-electron chi connectivity index (χ2n) is 4.30. The zero-order valence-electron chi connectivity index (χ0n) is 11.1. The maximum Gasteiger partial charge on any atom is 0.292 e. The van der Waals surface area contributed by atoms with Gasteiger partial charge in [-0.15, -0.1) is 5.10 Å². The van der Waals surface area contributed by atoms with E-state index in [1.54, 1.807) is 17.1 Å². The fourth-order valence-electron chi connectivity index (χ4n) is 1.81. The number of carbonyl (C=O) groups is 1. The lowest BCUT2D eigenvalue weighted by atomic mass is 10.1. The molecule has 0 atom stereocenters. The molecule has 1 aromatic carbocycles. The van der Waals surface area contributed by atoms with Gasteiger partial charge in [0.25, 0.3) is 5.69 Å². The minimum Gasteiger partial charge on any atom is -0.379 e. The first-order valence-corrected chi connectivity index (χ1v) is 6.24. The van der Waals surface area contributed by atoms with Gasteiger partial charge < -0.3 is 11.1 Å². The summed E-state index contributed by atoms with van der Waals surface area (Å²) in [6.45, 7) is 1.12. The number of nitrogens with two attached hydrogens (primary N) is 1. The van der Waals surface area contributed by atoms with Gasteiger partial charge in [0.05, 0.1) is 11.1 Å². The van der Waals surface area contributed by atoms with Crippen LogP contribution in [-0.2, 0) is 6.54 Å². The van der Waals surface area contributed by atoms with Crippen LogP contribution in [0.3, 0.4) is 0 Å². The van der Waals surface area contributed by atoms with Crippen LogP contribution in [0, 0.1) is 10.1 Å². The number of primary amides is 1. The van der Waals surface area contributed by atoms with E-state index >= 15 is 0 Å². The predicted molar refractivity (Wildman–Crippen MR) is 74.7 cm³/mol. The number of aromatic nitrogens is 3. The number of benzene rings is 1. The van der Waals surface area contributed by atoms with E-state index in [4.69, 9.17) is 5.73 Å². The molecule has 0 saturated carbocycles. The molecule has 2 rings (SSSR count). The van der Waals surface area contributed by atoms with Gasteiger partial charge in [-0.2, -0.15) is 0 Å². The highest BCUT2D eigenvalue weighted by atomic mass is 16.6. The SMILES string of the molecule is NC(=O)c1ccc([N+](=O)[O-])c(NCCCn2ccnn2)c1. The molecular weight excluding hydrogens is 276 g/mol. The van der Waals surface area contributed by atoms with Crippen molar-refractivity contribution in [3.8, 4) is 0 Å². The number of nitrogens with zero attached hydrogens (tertiary/aromatic N) is 4. The summed E-state index contributed by atoms with van der Waals surface area (Å²) >= 11 is 0. The van der Waals surface area contributed by atoms with Crippen molar-refractivity contribution < 1.29 is 9.72 Å². The number of nitro benzene ring substituents is 1. The van der Waals surface area contributed by atoms with Crippen LogP contribution in [0.4, 0.5) is 11.4 Å². The highest BCUT2D eigenvalue weighted by Gasteiger charge is 2.15. The van der Waals surface area contributed by atoms with E-state index in [1.807, 2.05) is 0 Å². The molecule has 0 bridgehead atoms. The van der Waals surface area contributed by atoms with E-state index in [9.17, 15) is 14.9 Å². The second kappa shape index (κ2) is 6.46. The number of hydrogen-bond acceptors (Lipinski definition) is 6. The van der Waals surface area contributed by atoms with Crippen molar-refractivity contribution in [2.45, 2.75) is 13.0 Å². The van der Waals surface area contributed by atoms with Gasteiger partial charge in [-0.05, 0) is 18.6 Å². The maximum atomic E-state index is 11.1. The summed E-state index contributed by atoms with van der Waals surface area (Å²) in [5, 5.41) is 21.4. The Bertz CT molecular complexity index is 640. The Kier molecular flexibility index (Phi) is 4.44. The summed E-state index contributed by atoms with van der Waals surface area (Å²) in [4.78, 5) is 21.6. The number of hydrogen-bond donors (Lipinski definition) is 2. The number of rotatable bonds is 7. The van der Waals surface area contributed by atoms with Crippen molar-refractivity contribution in [1.82, 2.24) is 15.0 Å². The van der Waals surface area contributed by atoms with Crippen LogP contribution in [0.15, 0.2) is 30.6 Å². The summed E-state index contributed by atoms with van der Waals surface area (Å²) in [5.74, 6) is -0.629. The first kappa shape index (κ1) is 14.4. The van der Waals surface area contributed by atoms with Crippen LogP contribution >= 0.6 is 0 Å². The smallest absolute Gasteiger partial charge is 0.292 e. The molecule has 0 fully saturated rings. The van der Waals surface area contributed by atoms with Gasteiger partial charge in [-0.25, -0.2) is 0 Å². The monoisotopic (exact) mass is 290 g/mol. The van der Waals surface area contributed by atoms with Crippen LogP contribution in [0.2, 0.25) is 0 Å². The summed E-state index contributed by atoms with van der Waals surface area (Å²) in [5.41, 5.74) is 5.57. The van der Waals surface area contributed by atoms with Crippen molar-refractivity contribution >= 4 is 17.3 Å². The summed E-state index contributed by atoms with van der Waals surface area (Å²) in [6.07, 6.45) is 4.01. The Hall–Kier alpha value is -2.97. The highest BCUT2D eigenvalue weighted by molar-refractivity contribution is 5.94. The van der Waals surface area contributed by atoms with Gasteiger partial charge in [0, 0.05) is 30.9 Å². The number of anilines is 1. The molecular formula is C12H14N6O3. The average molecular weight is 290 g/mol. The fraction of sp³-hybridized carbons (Fsp3) is 0.250. The number of carbonyl (C=O) groups excluding carboxylic acids is 1. The number of nitro groups is 1. The first-order chi connectivity index (χ1) is 10.1. The minimum absolute atomic E-state index is 0.0965. The third kappa shape index (κ3) is 3.75. The van der Waals surface area contributed by atoms with Gasteiger partial charge in [0.2, 0.25) is 5.91 Å². The van der Waals surface area contributed by atoms with E-state index < -0.39 is 10.8 Å². The predicted octanol–water partition coefficient (Wildman–Crippen LogP) is 0.787. The zero-order chi connectivity index (χ0) is 15.2. The maximum absolute atomic E-state index is 11.1. The molecule has 1 heterocycles. The van der Waals surface area contributed by atoms with Gasteiger partial charge in [-0.3, -0.25) is 19.6 Å². The van der Waals surface area contributed by atoms with Gasteiger partial charge in [0.1, 0.15) is 5.69 Å². The first-order valence-electron chi connectivity index (χ1n) is 6.24. The second-order valence-corrected chi connectivity index (χ2v) is 4.30. The van der Waals surface area contributed by atoms with Crippen molar-refractivity contribution in [1.29, 1.82) is 0 Å². The van der Waals surface area contributed by atoms with Crippen molar-refractivity contribution in [2.75, 3.05) is 11.9 Å². The molecule has 2 aromatic rings. The molecule has 0 radical (unpaired) electrons. The Balaban J connectivity index is 2.01. The quantitative estimate of drug-likeness (QED) is 0.440. The van der Waals surface area contributed by atoms with Gasteiger partial charge in [-0.1, -0.05) is 5.21 Å². The molecule has 110 valence electrons. The summed E-state index contributed by atoms with van der Waals surface area (Å²) in [7, 11) is 0. The lowest BCUT2D eigenvalue weighted by Crippen LogP contribution is -2.13. The molecule has 0 aliphatic carbocycles. The van der Waals surface area contributed by atoms with Crippen molar-refractivity contribution in [2.24, 2.45) is 5.73 Å². The zero-order valence-corrected chi connectivity index (χ0v) is 11.1. The van der Waals surface area contributed by atoms with Crippen LogP contribution in [-0.4, -0.2) is 32.4 Å². The molecule has 0 aliphatic rings. The molecule has 0 aliphatic heterocycles. The lowest BCUT2D eigenvalue weighted by Gasteiger charge is -2.08. The van der Waals surface area contributed by atoms with Crippen LogP contribution < -0.4 is 11.1 Å². The van der Waals surface area contributed by atoms with Crippen LogP contribution in [0.5, 0.6) is 0 Å². The van der Waals surface area contributed by atoms with Gasteiger partial charge in [0.15, 0.2) is 0 Å². The molecule has 1 aromatic heterocycles. The molecule has 9 heteroatoms. The van der Waals surface area contributed by atoms with E-state index in [1.165, 1.54) is 18.2 Å². The molecule has 0 spiro atoms. The standard InChI is InChI=1S/C12H14N6O3/c13-12(19)9-2-3-11(18(20)21)10(8-9)14-4-1-6-17-7-5-15-16-17/h2-3,5,7-8,14H,1,4,6H2,(H2,13,19). The van der Waals surface area contributed by atoms with Crippen LogP contribution in [0.1, 0.15) is 16.8 Å².